The second kappa shape index (κ2) is 14.9. The molecule has 57 heavy (non-hydrogen) atoms. The van der Waals surface area contributed by atoms with E-state index in [0.29, 0.717) is 17.1 Å². The summed E-state index contributed by atoms with van der Waals surface area (Å²) in [5.41, 5.74) is 14.5. The number of imidazole rings is 1. The van der Waals surface area contributed by atoms with E-state index in [4.69, 9.17) is 19.6 Å². The summed E-state index contributed by atoms with van der Waals surface area (Å²) in [6.45, 7) is 13.3. The molecule has 6 heteroatoms. The second-order valence-corrected chi connectivity index (χ2v) is 16.5. The molecule has 0 aliphatic carbocycles. The minimum atomic E-state index is -0.0670. The Morgan fingerprint density at radius 1 is 0.614 bits per heavy atom. The van der Waals surface area contributed by atoms with Crippen LogP contribution in [0.3, 0.4) is 0 Å². The average Bonchev–Trinajstić information content (AvgIpc) is 3.82. The Labute approximate surface area is 348 Å². The van der Waals surface area contributed by atoms with E-state index in [1.165, 1.54) is 5.56 Å². The molecule has 0 saturated heterocycles. The molecule has 0 unspecified atom stereocenters. The number of hydrogen-bond donors (Lipinski definition) is 0. The Kier molecular flexibility index (Phi) is 9.92. The molecule has 3 heterocycles. The monoisotopic (exact) mass is 921 g/mol. The largest absolute Gasteiger partial charge is 2.00 e. The predicted molar refractivity (Wildman–Crippen MR) is 229 cm³/mol. The molecule has 0 fully saturated rings. The zero-order valence-corrected chi connectivity index (χ0v) is 35.1. The number of para-hydroxylation sites is 1. The quantitative estimate of drug-likeness (QED) is 0.156. The minimum absolute atomic E-state index is 0. The Morgan fingerprint density at radius 2 is 1.32 bits per heavy atom. The van der Waals surface area contributed by atoms with Crippen molar-refractivity contribution in [1.82, 2.24) is 19.7 Å². The van der Waals surface area contributed by atoms with Crippen LogP contribution in [0, 0.1) is 12.1 Å². The van der Waals surface area contributed by atoms with Gasteiger partial charge in [0.15, 0.2) is 0 Å². The number of aromatic nitrogens is 4. The van der Waals surface area contributed by atoms with Crippen molar-refractivity contribution in [2.24, 2.45) is 0 Å². The molecule has 0 amide bonds. The summed E-state index contributed by atoms with van der Waals surface area (Å²) in [6.07, 6.45) is 1.87. The summed E-state index contributed by atoms with van der Waals surface area (Å²) in [6, 6.07) is 55.9. The van der Waals surface area contributed by atoms with Crippen LogP contribution in [0.15, 0.2) is 150 Å². The number of benzene rings is 6. The van der Waals surface area contributed by atoms with E-state index in [1.54, 1.807) is 0 Å². The number of nitrogens with zero attached hydrogens (tertiary/aromatic N) is 4. The van der Waals surface area contributed by atoms with E-state index in [9.17, 15) is 0 Å². The van der Waals surface area contributed by atoms with Gasteiger partial charge in [0.25, 0.3) is 0 Å². The van der Waals surface area contributed by atoms with Crippen molar-refractivity contribution >= 4 is 22.0 Å². The summed E-state index contributed by atoms with van der Waals surface area (Å²) in [4.78, 5) is 10.2. The minimum Gasteiger partial charge on any atom is -0.412 e. The normalized spacial score (nSPS) is 11.9. The summed E-state index contributed by atoms with van der Waals surface area (Å²) < 4.78 is 8.32. The van der Waals surface area contributed by atoms with Gasteiger partial charge in [0.05, 0.1) is 28.0 Å². The van der Waals surface area contributed by atoms with Gasteiger partial charge in [0.1, 0.15) is 5.82 Å². The van der Waals surface area contributed by atoms with Crippen LogP contribution in [-0.2, 0) is 31.9 Å². The molecule has 0 spiro atoms. The maximum Gasteiger partial charge on any atom is 2.00 e. The van der Waals surface area contributed by atoms with Crippen LogP contribution in [0.4, 0.5) is 0 Å². The molecule has 3 aromatic heterocycles. The van der Waals surface area contributed by atoms with Gasteiger partial charge in [-0.15, -0.1) is 52.7 Å². The molecule has 5 nitrogen and oxygen atoms in total. The molecule has 0 saturated carbocycles. The first-order valence-corrected chi connectivity index (χ1v) is 19.1. The third kappa shape index (κ3) is 7.17. The smallest absolute Gasteiger partial charge is 0.412 e. The summed E-state index contributed by atoms with van der Waals surface area (Å²) in [5.74, 6) is 0.681. The van der Waals surface area contributed by atoms with Crippen LogP contribution in [-0.4, -0.2) is 19.7 Å². The van der Waals surface area contributed by atoms with Gasteiger partial charge in [-0.3, -0.25) is 9.55 Å². The fourth-order valence-electron chi connectivity index (χ4n) is 7.39. The van der Waals surface area contributed by atoms with Crippen LogP contribution in [0.1, 0.15) is 52.7 Å². The Morgan fingerprint density at radius 3 is 2.05 bits per heavy atom. The first-order chi connectivity index (χ1) is 27.0. The van der Waals surface area contributed by atoms with Gasteiger partial charge >= 0.3 is 21.1 Å². The van der Waals surface area contributed by atoms with Crippen molar-refractivity contribution in [1.29, 1.82) is 0 Å². The first-order valence-electron chi connectivity index (χ1n) is 19.1. The van der Waals surface area contributed by atoms with Gasteiger partial charge in [-0.05, 0) is 57.3 Å². The molecular formula is C51H42N4OPt. The predicted octanol–water partition coefficient (Wildman–Crippen LogP) is 13.1. The van der Waals surface area contributed by atoms with Crippen LogP contribution in [0.25, 0.3) is 83.8 Å². The fraction of sp³-hybridized carbons (Fsp3) is 0.157. The number of pyridine rings is 1. The molecular weight excluding hydrogens is 880 g/mol. The van der Waals surface area contributed by atoms with Gasteiger partial charge in [-0.25, -0.2) is 4.98 Å². The first kappa shape index (κ1) is 38.0. The molecule has 9 rings (SSSR count). The number of fused-ring (bicyclic) bond motifs is 2. The maximum atomic E-state index is 6.08. The van der Waals surface area contributed by atoms with E-state index in [0.717, 1.165) is 72.3 Å². The van der Waals surface area contributed by atoms with Gasteiger partial charge < -0.3 is 4.52 Å². The van der Waals surface area contributed by atoms with Crippen LogP contribution >= 0.6 is 0 Å². The molecule has 0 bridgehead atoms. The molecule has 0 atom stereocenters. The van der Waals surface area contributed by atoms with Crippen molar-refractivity contribution in [2.75, 3.05) is 0 Å². The summed E-state index contributed by atoms with van der Waals surface area (Å²) in [5, 5.41) is 5.51. The van der Waals surface area contributed by atoms with E-state index < -0.39 is 0 Å². The summed E-state index contributed by atoms with van der Waals surface area (Å²) >= 11 is 0. The molecule has 6 aromatic carbocycles. The van der Waals surface area contributed by atoms with E-state index in [2.05, 4.69) is 186 Å². The molecule has 0 N–H and O–H groups in total. The molecule has 0 aliphatic heterocycles. The van der Waals surface area contributed by atoms with Crippen molar-refractivity contribution < 1.29 is 25.6 Å². The number of hydrogen-bond acceptors (Lipinski definition) is 4. The standard InChI is InChI=1S/C51H42N4O.Pt/c1-50(2,3)38-24-26-44(42(31-38)34-17-11-8-12-18-34)55-45-22-14-21-40(47(45)53-49(55)48-41-25-23-39(51(4,5)6)32-46(41)56-54-48)36-19-13-20-37(29-36)43-30-35(27-28-52-43)33-15-9-7-10-16-33;/h7-24,26-28,30-32H,1-6H3;/q-2;+2. The third-order valence-electron chi connectivity index (χ3n) is 10.6. The zero-order valence-electron chi connectivity index (χ0n) is 32.9. The van der Waals surface area contributed by atoms with Gasteiger partial charge in [0, 0.05) is 17.5 Å². The number of rotatable bonds is 6. The van der Waals surface area contributed by atoms with Gasteiger partial charge in [-0.1, -0.05) is 149 Å². The van der Waals surface area contributed by atoms with Gasteiger partial charge in [0.2, 0.25) is 0 Å². The van der Waals surface area contributed by atoms with Crippen molar-refractivity contribution in [2.45, 2.75) is 52.4 Å². The van der Waals surface area contributed by atoms with Crippen LogP contribution < -0.4 is 0 Å². The molecule has 0 radical (unpaired) electrons. The Balaban J connectivity index is 0.00000455. The fourth-order valence-corrected chi connectivity index (χ4v) is 7.39. The van der Waals surface area contributed by atoms with Crippen LogP contribution in [0.5, 0.6) is 0 Å². The van der Waals surface area contributed by atoms with Crippen LogP contribution in [0.2, 0.25) is 0 Å². The topological polar surface area (TPSA) is 56.7 Å². The average molecular weight is 922 g/mol. The van der Waals surface area contributed by atoms with Crippen molar-refractivity contribution in [3.63, 3.8) is 0 Å². The Hall–Kier alpha value is -5.90. The third-order valence-corrected chi connectivity index (χ3v) is 10.6. The van der Waals surface area contributed by atoms with Gasteiger partial charge in [-0.2, -0.15) is 0 Å². The van der Waals surface area contributed by atoms with Crippen molar-refractivity contribution in [3.8, 4) is 61.8 Å². The molecule has 9 aromatic rings. The molecule has 282 valence electrons. The van der Waals surface area contributed by atoms with E-state index in [-0.39, 0.29) is 31.9 Å². The van der Waals surface area contributed by atoms with Crippen molar-refractivity contribution in [3.05, 3.63) is 169 Å². The SMILES string of the molecule is CC(C)(C)c1ccc(-n2c(-c3noc4cc(C(C)(C)C)c[c-]c34)nc3c(-c4[c-]c(-c5cc(-c6ccccc6)ccn5)ccc4)cccc32)c(-c2ccccc2)c1.[Pt+2]. The van der Waals surface area contributed by atoms with E-state index in [1.807, 2.05) is 18.3 Å². The second-order valence-electron chi connectivity index (χ2n) is 16.5. The zero-order chi connectivity index (χ0) is 38.6. The maximum absolute atomic E-state index is 6.08. The Bertz CT molecular complexity index is 2880. The van der Waals surface area contributed by atoms with E-state index >= 15 is 0 Å². The molecule has 0 aliphatic rings. The summed E-state index contributed by atoms with van der Waals surface area (Å²) in [7, 11) is 0.